The average molecular weight is 224 g/mol. The SMILES string of the molecule is CCCCn1[nH]c(C(C)(C)C)c(CC)c1=O. The molecule has 92 valence electrons. The van der Waals surface area contributed by atoms with Gasteiger partial charge in [0.15, 0.2) is 0 Å². The Balaban J connectivity index is 3.16. The third-order valence-electron chi connectivity index (χ3n) is 2.89. The maximum absolute atomic E-state index is 12.1. The van der Waals surface area contributed by atoms with Crippen LogP contribution in [0.1, 0.15) is 58.7 Å². The van der Waals surface area contributed by atoms with Crippen LogP contribution in [0, 0.1) is 0 Å². The Kier molecular flexibility index (Phi) is 4.00. The highest BCUT2D eigenvalue weighted by Gasteiger charge is 2.22. The van der Waals surface area contributed by atoms with E-state index in [9.17, 15) is 4.79 Å². The second kappa shape index (κ2) is 4.89. The zero-order valence-corrected chi connectivity index (χ0v) is 11.2. The van der Waals surface area contributed by atoms with Crippen molar-refractivity contribution in [1.82, 2.24) is 9.78 Å². The molecule has 0 atom stereocenters. The van der Waals surface area contributed by atoms with Crippen molar-refractivity contribution in [2.75, 3.05) is 0 Å². The molecule has 0 unspecified atom stereocenters. The molecule has 3 nitrogen and oxygen atoms in total. The number of aromatic amines is 1. The van der Waals surface area contributed by atoms with Crippen LogP contribution in [0.15, 0.2) is 4.79 Å². The number of rotatable bonds is 4. The minimum Gasteiger partial charge on any atom is -0.299 e. The van der Waals surface area contributed by atoms with Gasteiger partial charge in [-0.1, -0.05) is 41.0 Å². The third-order valence-corrected chi connectivity index (χ3v) is 2.89. The first-order valence-electron chi connectivity index (χ1n) is 6.24. The molecule has 1 heterocycles. The van der Waals surface area contributed by atoms with Gasteiger partial charge >= 0.3 is 0 Å². The molecule has 0 aliphatic rings. The molecule has 0 aliphatic carbocycles. The van der Waals surface area contributed by atoms with E-state index in [-0.39, 0.29) is 11.0 Å². The van der Waals surface area contributed by atoms with Crippen molar-refractivity contribution in [1.29, 1.82) is 0 Å². The Labute approximate surface area is 97.8 Å². The van der Waals surface area contributed by atoms with Gasteiger partial charge in [-0.25, -0.2) is 0 Å². The van der Waals surface area contributed by atoms with Crippen LogP contribution in [0.4, 0.5) is 0 Å². The van der Waals surface area contributed by atoms with E-state index in [0.29, 0.717) is 0 Å². The Bertz CT molecular complexity index is 393. The normalized spacial score (nSPS) is 12.1. The third kappa shape index (κ3) is 2.57. The lowest BCUT2D eigenvalue weighted by molar-refractivity contribution is 0.512. The minimum atomic E-state index is 0.0158. The Morgan fingerprint density at radius 1 is 1.25 bits per heavy atom. The largest absolute Gasteiger partial charge is 0.299 e. The van der Waals surface area contributed by atoms with E-state index >= 15 is 0 Å². The van der Waals surface area contributed by atoms with Gasteiger partial charge in [-0.05, 0) is 12.8 Å². The zero-order valence-electron chi connectivity index (χ0n) is 11.2. The molecule has 0 radical (unpaired) electrons. The van der Waals surface area contributed by atoms with E-state index in [1.54, 1.807) is 4.68 Å². The summed E-state index contributed by atoms with van der Waals surface area (Å²) in [5, 5.41) is 3.28. The van der Waals surface area contributed by atoms with Gasteiger partial charge in [-0.2, -0.15) is 0 Å². The lowest BCUT2D eigenvalue weighted by Gasteiger charge is -2.17. The van der Waals surface area contributed by atoms with Crippen LogP contribution >= 0.6 is 0 Å². The van der Waals surface area contributed by atoms with Crippen LogP contribution < -0.4 is 5.56 Å². The molecule has 0 aromatic carbocycles. The summed E-state index contributed by atoms with van der Waals surface area (Å²) in [6.45, 7) is 11.4. The molecule has 0 fully saturated rings. The number of nitrogens with one attached hydrogen (secondary N) is 1. The monoisotopic (exact) mass is 224 g/mol. The number of aromatic nitrogens is 2. The maximum atomic E-state index is 12.1. The van der Waals surface area contributed by atoms with Crippen molar-refractivity contribution in [3.05, 3.63) is 21.6 Å². The smallest absolute Gasteiger partial charge is 0.269 e. The molecule has 3 heteroatoms. The van der Waals surface area contributed by atoms with Crippen LogP contribution in [-0.4, -0.2) is 9.78 Å². The number of unbranched alkanes of at least 4 members (excludes halogenated alkanes) is 1. The van der Waals surface area contributed by atoms with Gasteiger partial charge in [0.25, 0.3) is 5.56 Å². The van der Waals surface area contributed by atoms with Gasteiger partial charge in [-0.15, -0.1) is 0 Å². The zero-order chi connectivity index (χ0) is 12.3. The number of aryl methyl sites for hydroxylation is 1. The lowest BCUT2D eigenvalue weighted by Crippen LogP contribution is -2.19. The number of nitrogens with zero attached hydrogens (tertiary/aromatic N) is 1. The topological polar surface area (TPSA) is 37.8 Å². The molecule has 1 aromatic heterocycles. The van der Waals surface area contributed by atoms with E-state index in [1.165, 1.54) is 0 Å². The van der Waals surface area contributed by atoms with Gasteiger partial charge in [0, 0.05) is 23.2 Å². The molecule has 0 amide bonds. The Morgan fingerprint density at radius 3 is 2.25 bits per heavy atom. The highest BCUT2D eigenvalue weighted by molar-refractivity contribution is 5.24. The van der Waals surface area contributed by atoms with E-state index in [0.717, 1.165) is 37.1 Å². The van der Waals surface area contributed by atoms with Crippen LogP contribution in [0.5, 0.6) is 0 Å². The molecule has 1 N–H and O–H groups in total. The molecule has 0 bridgehead atoms. The fourth-order valence-electron chi connectivity index (χ4n) is 1.95. The van der Waals surface area contributed by atoms with Crippen LogP contribution in [0.3, 0.4) is 0 Å². The average Bonchev–Trinajstić information content (AvgIpc) is 2.51. The lowest BCUT2D eigenvalue weighted by atomic mass is 9.89. The van der Waals surface area contributed by atoms with Crippen LogP contribution in [0.25, 0.3) is 0 Å². The first-order chi connectivity index (χ1) is 7.41. The first kappa shape index (κ1) is 13.1. The number of hydrogen-bond acceptors (Lipinski definition) is 1. The second-order valence-electron chi connectivity index (χ2n) is 5.38. The fraction of sp³-hybridized carbons (Fsp3) is 0.769. The first-order valence-corrected chi connectivity index (χ1v) is 6.24. The summed E-state index contributed by atoms with van der Waals surface area (Å²) in [6, 6.07) is 0. The minimum absolute atomic E-state index is 0.0158. The van der Waals surface area contributed by atoms with Crippen molar-refractivity contribution in [3.8, 4) is 0 Å². The second-order valence-corrected chi connectivity index (χ2v) is 5.38. The standard InChI is InChI=1S/C13H24N2O/c1-6-8-9-15-12(16)10(7-2)11(14-15)13(3,4)5/h14H,6-9H2,1-5H3. The number of H-pyrrole nitrogens is 1. The van der Waals surface area contributed by atoms with Crippen molar-refractivity contribution in [2.45, 2.75) is 65.8 Å². The van der Waals surface area contributed by atoms with E-state index in [1.807, 2.05) is 6.92 Å². The van der Waals surface area contributed by atoms with Gasteiger partial charge in [-0.3, -0.25) is 14.6 Å². The molecule has 0 spiro atoms. The van der Waals surface area contributed by atoms with Gasteiger partial charge in [0.05, 0.1) is 0 Å². The molecule has 0 saturated heterocycles. The molecule has 0 aliphatic heterocycles. The summed E-state index contributed by atoms with van der Waals surface area (Å²) >= 11 is 0. The quantitative estimate of drug-likeness (QED) is 0.839. The van der Waals surface area contributed by atoms with Crippen molar-refractivity contribution >= 4 is 0 Å². The Morgan fingerprint density at radius 2 is 1.88 bits per heavy atom. The summed E-state index contributed by atoms with van der Waals surface area (Å²) in [6.07, 6.45) is 2.96. The molecule has 1 aromatic rings. The molecular formula is C13H24N2O. The van der Waals surface area contributed by atoms with Gasteiger partial charge in [0.2, 0.25) is 0 Å². The van der Waals surface area contributed by atoms with Crippen molar-refractivity contribution < 1.29 is 0 Å². The molecule has 0 saturated carbocycles. The fourth-order valence-corrected chi connectivity index (χ4v) is 1.95. The summed E-state index contributed by atoms with van der Waals surface area (Å²) in [5.74, 6) is 0. The van der Waals surface area contributed by atoms with Crippen molar-refractivity contribution in [3.63, 3.8) is 0 Å². The molecular weight excluding hydrogens is 200 g/mol. The highest BCUT2D eigenvalue weighted by Crippen LogP contribution is 2.22. The molecule has 1 rings (SSSR count). The summed E-state index contributed by atoms with van der Waals surface area (Å²) in [5.41, 5.74) is 2.22. The van der Waals surface area contributed by atoms with Gasteiger partial charge in [0.1, 0.15) is 0 Å². The predicted octanol–water partition coefficient (Wildman–Crippen LogP) is 2.84. The molecule has 16 heavy (non-hydrogen) atoms. The van der Waals surface area contributed by atoms with Gasteiger partial charge < -0.3 is 0 Å². The van der Waals surface area contributed by atoms with E-state index in [2.05, 4.69) is 32.8 Å². The van der Waals surface area contributed by atoms with Crippen LogP contribution in [-0.2, 0) is 18.4 Å². The predicted molar refractivity (Wildman–Crippen MR) is 68.0 cm³/mol. The summed E-state index contributed by atoms with van der Waals surface area (Å²) < 4.78 is 1.77. The number of hydrogen-bond donors (Lipinski definition) is 1. The maximum Gasteiger partial charge on any atom is 0.269 e. The summed E-state index contributed by atoms with van der Waals surface area (Å²) in [4.78, 5) is 12.1. The summed E-state index contributed by atoms with van der Waals surface area (Å²) in [7, 11) is 0. The Hall–Kier alpha value is -0.990. The van der Waals surface area contributed by atoms with Crippen molar-refractivity contribution in [2.24, 2.45) is 0 Å². The highest BCUT2D eigenvalue weighted by atomic mass is 16.1. The van der Waals surface area contributed by atoms with E-state index < -0.39 is 0 Å². The van der Waals surface area contributed by atoms with Crippen LogP contribution in [0.2, 0.25) is 0 Å². The van der Waals surface area contributed by atoms with E-state index in [4.69, 9.17) is 0 Å².